The highest BCUT2D eigenvalue weighted by molar-refractivity contribution is 5.67. The molecule has 6 nitrogen and oxygen atoms in total. The van der Waals surface area contributed by atoms with Crippen LogP contribution in [-0.4, -0.2) is 44.1 Å². The van der Waals surface area contributed by atoms with Gasteiger partial charge in [0.15, 0.2) is 5.82 Å². The maximum Gasteiger partial charge on any atom is 0.152 e. The predicted octanol–water partition coefficient (Wildman–Crippen LogP) is -0.197. The van der Waals surface area contributed by atoms with Gasteiger partial charge in [-0.25, -0.2) is 9.50 Å². The number of aryl methyl sites for hydroxylation is 1. The van der Waals surface area contributed by atoms with Crippen molar-refractivity contribution >= 4 is 11.3 Å². The fourth-order valence-corrected chi connectivity index (χ4v) is 1.50. The molecule has 2 aromatic heterocycles. The van der Waals surface area contributed by atoms with Crippen molar-refractivity contribution in [3.63, 3.8) is 0 Å². The van der Waals surface area contributed by atoms with Gasteiger partial charge < -0.3 is 15.5 Å². The molecular weight excluding hydrogens is 208 g/mol. The Labute approximate surface area is 92.6 Å². The lowest BCUT2D eigenvalue weighted by Crippen LogP contribution is -2.28. The third-order valence-electron chi connectivity index (χ3n) is 2.29. The summed E-state index contributed by atoms with van der Waals surface area (Å²) < 4.78 is 1.70. The number of nitrogens with zero attached hydrogens (tertiary/aromatic N) is 3. The molecule has 0 aliphatic rings. The van der Waals surface area contributed by atoms with Crippen LogP contribution >= 0.6 is 0 Å². The Hall–Kier alpha value is -1.66. The van der Waals surface area contributed by atoms with Crippen molar-refractivity contribution in [1.82, 2.24) is 14.6 Å². The van der Waals surface area contributed by atoms with Gasteiger partial charge in [-0.05, 0) is 13.0 Å². The van der Waals surface area contributed by atoms with Crippen LogP contribution in [0.15, 0.2) is 18.5 Å². The van der Waals surface area contributed by atoms with E-state index in [9.17, 15) is 0 Å². The molecule has 0 saturated carbocycles. The van der Waals surface area contributed by atoms with Crippen molar-refractivity contribution in [2.24, 2.45) is 0 Å². The maximum absolute atomic E-state index is 8.99. The van der Waals surface area contributed by atoms with E-state index in [1.54, 1.807) is 16.9 Å². The number of fused-ring (bicyclic) bond motifs is 1. The standard InChI is InChI=1S/C10H14N4O2/c1-7-4-9-10(12-8(5-15)6-16)11-2-3-14(9)13-7/h2-4,8,15-16H,5-6H2,1H3,(H,11,12). The van der Waals surface area contributed by atoms with E-state index in [4.69, 9.17) is 10.2 Å². The Morgan fingerprint density at radius 2 is 2.19 bits per heavy atom. The lowest BCUT2D eigenvalue weighted by Gasteiger charge is -2.14. The van der Waals surface area contributed by atoms with E-state index in [1.807, 2.05) is 13.0 Å². The van der Waals surface area contributed by atoms with E-state index in [-0.39, 0.29) is 13.2 Å². The predicted molar refractivity (Wildman–Crippen MR) is 59.3 cm³/mol. The lowest BCUT2D eigenvalue weighted by atomic mass is 10.3. The van der Waals surface area contributed by atoms with Crippen molar-refractivity contribution in [3.05, 3.63) is 24.2 Å². The number of rotatable bonds is 4. The highest BCUT2D eigenvalue weighted by Gasteiger charge is 2.10. The number of hydrogen-bond acceptors (Lipinski definition) is 5. The largest absolute Gasteiger partial charge is 0.394 e. The summed E-state index contributed by atoms with van der Waals surface area (Å²) in [5.41, 5.74) is 1.72. The van der Waals surface area contributed by atoms with Gasteiger partial charge in [-0.3, -0.25) is 0 Å². The summed E-state index contributed by atoms with van der Waals surface area (Å²) in [6.45, 7) is 1.60. The Morgan fingerprint density at radius 3 is 2.88 bits per heavy atom. The molecule has 0 aliphatic carbocycles. The smallest absolute Gasteiger partial charge is 0.152 e. The van der Waals surface area contributed by atoms with Gasteiger partial charge in [0, 0.05) is 12.4 Å². The molecule has 2 heterocycles. The first kappa shape index (κ1) is 10.8. The van der Waals surface area contributed by atoms with Crippen LogP contribution in [0.4, 0.5) is 5.82 Å². The molecular formula is C10H14N4O2. The molecule has 0 fully saturated rings. The number of aromatic nitrogens is 3. The summed E-state index contributed by atoms with van der Waals surface area (Å²) in [5, 5.41) is 25.2. The first-order valence-corrected chi connectivity index (χ1v) is 5.04. The highest BCUT2D eigenvalue weighted by Crippen LogP contribution is 2.15. The van der Waals surface area contributed by atoms with Crippen molar-refractivity contribution in [3.8, 4) is 0 Å². The van der Waals surface area contributed by atoms with Gasteiger partial charge >= 0.3 is 0 Å². The zero-order valence-corrected chi connectivity index (χ0v) is 8.96. The van der Waals surface area contributed by atoms with Gasteiger partial charge in [0.1, 0.15) is 5.52 Å². The number of aliphatic hydroxyl groups excluding tert-OH is 2. The Kier molecular flexibility index (Phi) is 3.02. The molecule has 86 valence electrons. The Bertz CT molecular complexity index is 479. The van der Waals surface area contributed by atoms with Gasteiger partial charge in [-0.2, -0.15) is 5.10 Å². The first-order chi connectivity index (χ1) is 7.74. The van der Waals surface area contributed by atoms with Crippen molar-refractivity contribution in [2.75, 3.05) is 18.5 Å². The minimum absolute atomic E-state index is 0.146. The van der Waals surface area contributed by atoms with E-state index >= 15 is 0 Å². The zero-order chi connectivity index (χ0) is 11.5. The molecule has 0 aromatic carbocycles. The molecule has 0 atom stereocenters. The lowest BCUT2D eigenvalue weighted by molar-refractivity contribution is 0.203. The van der Waals surface area contributed by atoms with Crippen LogP contribution in [0.3, 0.4) is 0 Å². The second-order valence-electron chi connectivity index (χ2n) is 3.60. The van der Waals surface area contributed by atoms with Crippen molar-refractivity contribution < 1.29 is 10.2 Å². The molecule has 6 heteroatoms. The maximum atomic E-state index is 8.99. The third-order valence-corrected chi connectivity index (χ3v) is 2.29. The van der Waals surface area contributed by atoms with Crippen LogP contribution in [0.2, 0.25) is 0 Å². The fourth-order valence-electron chi connectivity index (χ4n) is 1.50. The zero-order valence-electron chi connectivity index (χ0n) is 8.96. The van der Waals surface area contributed by atoms with Crippen molar-refractivity contribution in [2.45, 2.75) is 13.0 Å². The van der Waals surface area contributed by atoms with E-state index in [1.165, 1.54) is 0 Å². The van der Waals surface area contributed by atoms with E-state index in [0.29, 0.717) is 5.82 Å². The quantitative estimate of drug-likeness (QED) is 0.667. The van der Waals surface area contributed by atoms with E-state index < -0.39 is 6.04 Å². The third kappa shape index (κ3) is 1.98. The van der Waals surface area contributed by atoms with Crippen LogP contribution < -0.4 is 5.32 Å². The minimum Gasteiger partial charge on any atom is -0.394 e. The summed E-state index contributed by atoms with van der Waals surface area (Å²) in [6.07, 6.45) is 3.37. The molecule has 0 unspecified atom stereocenters. The average Bonchev–Trinajstić information content (AvgIpc) is 2.67. The Morgan fingerprint density at radius 1 is 1.44 bits per heavy atom. The summed E-state index contributed by atoms with van der Waals surface area (Å²) >= 11 is 0. The van der Waals surface area contributed by atoms with Crippen molar-refractivity contribution in [1.29, 1.82) is 0 Å². The van der Waals surface area contributed by atoms with Gasteiger partial charge in [0.2, 0.25) is 0 Å². The first-order valence-electron chi connectivity index (χ1n) is 5.04. The Balaban J connectivity index is 2.36. The molecule has 0 bridgehead atoms. The second kappa shape index (κ2) is 4.46. The average molecular weight is 222 g/mol. The van der Waals surface area contributed by atoms with Gasteiger partial charge in [-0.15, -0.1) is 0 Å². The van der Waals surface area contributed by atoms with Crippen LogP contribution in [0.5, 0.6) is 0 Å². The van der Waals surface area contributed by atoms with E-state index in [0.717, 1.165) is 11.2 Å². The van der Waals surface area contributed by atoms with Crippen LogP contribution in [0.1, 0.15) is 5.69 Å². The molecule has 3 N–H and O–H groups in total. The summed E-state index contributed by atoms with van der Waals surface area (Å²) in [6, 6.07) is 1.48. The SMILES string of the molecule is Cc1cc2c(NC(CO)CO)nccn2n1. The molecule has 2 aromatic rings. The highest BCUT2D eigenvalue weighted by atomic mass is 16.3. The number of anilines is 1. The summed E-state index contributed by atoms with van der Waals surface area (Å²) in [7, 11) is 0. The van der Waals surface area contributed by atoms with Gasteiger partial charge in [0.25, 0.3) is 0 Å². The molecule has 0 radical (unpaired) electrons. The fraction of sp³-hybridized carbons (Fsp3) is 0.400. The molecule has 16 heavy (non-hydrogen) atoms. The van der Waals surface area contributed by atoms with Crippen LogP contribution in [0, 0.1) is 6.92 Å². The number of nitrogens with one attached hydrogen (secondary N) is 1. The monoisotopic (exact) mass is 222 g/mol. The minimum atomic E-state index is -0.408. The normalized spacial score (nSPS) is 11.2. The van der Waals surface area contributed by atoms with Gasteiger partial charge in [0.05, 0.1) is 24.9 Å². The van der Waals surface area contributed by atoms with E-state index in [2.05, 4.69) is 15.4 Å². The second-order valence-corrected chi connectivity index (χ2v) is 3.60. The molecule has 2 rings (SSSR count). The van der Waals surface area contributed by atoms with Gasteiger partial charge in [-0.1, -0.05) is 0 Å². The molecule has 0 spiro atoms. The topological polar surface area (TPSA) is 82.7 Å². The summed E-state index contributed by atoms with van der Waals surface area (Å²) in [5.74, 6) is 0.608. The van der Waals surface area contributed by atoms with Crippen LogP contribution in [0.25, 0.3) is 5.52 Å². The van der Waals surface area contributed by atoms with Crippen LogP contribution in [-0.2, 0) is 0 Å². The summed E-state index contributed by atoms with van der Waals surface area (Å²) in [4.78, 5) is 4.16. The molecule has 0 saturated heterocycles. The number of aliphatic hydroxyl groups is 2. The number of hydrogen-bond donors (Lipinski definition) is 3. The molecule has 0 amide bonds. The molecule has 0 aliphatic heterocycles.